The molecule has 0 radical (unpaired) electrons. The van der Waals surface area contributed by atoms with Gasteiger partial charge in [0.25, 0.3) is 5.91 Å². The highest BCUT2D eigenvalue weighted by Gasteiger charge is 2.35. The maximum absolute atomic E-state index is 13.0. The second-order valence-electron chi connectivity index (χ2n) is 6.30. The predicted octanol–water partition coefficient (Wildman–Crippen LogP) is 0.733. The zero-order valence-electron chi connectivity index (χ0n) is 14.0. The summed E-state index contributed by atoms with van der Waals surface area (Å²) in [7, 11) is 0. The zero-order valence-corrected chi connectivity index (χ0v) is 14.0. The highest BCUT2D eigenvalue weighted by molar-refractivity contribution is 5.98. The molecule has 1 N–H and O–H groups in total. The van der Waals surface area contributed by atoms with Crippen molar-refractivity contribution in [3.63, 3.8) is 0 Å². The average molecular weight is 350 g/mol. The number of likely N-dealkylation sites (tertiary alicyclic amines) is 1. The van der Waals surface area contributed by atoms with Gasteiger partial charge in [0.15, 0.2) is 0 Å². The van der Waals surface area contributed by atoms with Gasteiger partial charge in [0.2, 0.25) is 0 Å². The van der Waals surface area contributed by atoms with Crippen LogP contribution in [-0.2, 0) is 6.42 Å². The quantitative estimate of drug-likeness (QED) is 0.745. The monoisotopic (exact) mass is 350 g/mol. The number of benzene rings is 1. The first-order valence-corrected chi connectivity index (χ1v) is 8.38. The Morgan fingerprint density at radius 2 is 2.08 bits per heavy atom. The number of carbonyl (C=O) groups excluding carboxylic acids is 1. The lowest BCUT2D eigenvalue weighted by Crippen LogP contribution is -2.30. The number of aliphatic hydroxyl groups is 1. The molecule has 3 aromatic rings. The number of aliphatic hydroxyl groups excluding tert-OH is 1. The fourth-order valence-corrected chi connectivity index (χ4v) is 3.28. The number of amides is 1. The van der Waals surface area contributed by atoms with Crippen molar-refractivity contribution in [1.29, 1.82) is 0 Å². The van der Waals surface area contributed by atoms with E-state index < -0.39 is 6.10 Å². The molecule has 26 heavy (non-hydrogen) atoms. The van der Waals surface area contributed by atoms with Crippen molar-refractivity contribution in [2.24, 2.45) is 5.92 Å². The molecule has 1 fully saturated rings. The smallest absolute Gasteiger partial charge is 0.256 e. The first-order valence-electron chi connectivity index (χ1n) is 8.38. The molecule has 1 aliphatic heterocycles. The molecule has 1 aliphatic rings. The minimum absolute atomic E-state index is 0.0609. The lowest BCUT2D eigenvalue weighted by Gasteiger charge is -2.18. The van der Waals surface area contributed by atoms with Gasteiger partial charge in [0, 0.05) is 37.6 Å². The number of aromatic nitrogens is 5. The van der Waals surface area contributed by atoms with Crippen LogP contribution in [0.5, 0.6) is 0 Å². The average Bonchev–Trinajstić information content (AvgIpc) is 3.33. The predicted molar refractivity (Wildman–Crippen MR) is 92.5 cm³/mol. The third-order valence-electron chi connectivity index (χ3n) is 4.58. The van der Waals surface area contributed by atoms with Crippen molar-refractivity contribution in [2.45, 2.75) is 12.5 Å². The molecular weight excluding hydrogens is 332 g/mol. The first kappa shape index (κ1) is 16.3. The van der Waals surface area contributed by atoms with Crippen molar-refractivity contribution >= 4 is 5.91 Å². The second-order valence-corrected chi connectivity index (χ2v) is 6.30. The molecular formula is C18H18N6O2. The molecule has 4 rings (SSSR count). The summed E-state index contributed by atoms with van der Waals surface area (Å²) < 4.78 is 1.57. The summed E-state index contributed by atoms with van der Waals surface area (Å²) in [6, 6.07) is 7.26. The van der Waals surface area contributed by atoms with Crippen LogP contribution in [0.1, 0.15) is 16.1 Å². The van der Waals surface area contributed by atoms with Crippen molar-refractivity contribution in [2.75, 3.05) is 13.1 Å². The molecule has 0 aliphatic carbocycles. The van der Waals surface area contributed by atoms with Crippen LogP contribution in [0.4, 0.5) is 0 Å². The van der Waals surface area contributed by atoms with Gasteiger partial charge in [0.1, 0.15) is 12.7 Å². The molecule has 132 valence electrons. The van der Waals surface area contributed by atoms with E-state index in [4.69, 9.17) is 0 Å². The van der Waals surface area contributed by atoms with Gasteiger partial charge < -0.3 is 10.0 Å². The lowest BCUT2D eigenvalue weighted by atomic mass is 10.0. The molecule has 8 heteroatoms. The van der Waals surface area contributed by atoms with Crippen LogP contribution in [0.3, 0.4) is 0 Å². The number of para-hydroxylation sites is 1. The summed E-state index contributed by atoms with van der Waals surface area (Å²) >= 11 is 0. The normalized spacial score (nSPS) is 19.7. The van der Waals surface area contributed by atoms with Crippen molar-refractivity contribution in [3.8, 4) is 5.69 Å². The van der Waals surface area contributed by atoms with Crippen LogP contribution in [-0.4, -0.2) is 59.8 Å². The van der Waals surface area contributed by atoms with Crippen LogP contribution in [0.2, 0.25) is 0 Å². The number of hydrogen-bond donors (Lipinski definition) is 1. The number of rotatable bonds is 4. The second kappa shape index (κ2) is 7.01. The SMILES string of the molecule is O=C(c1ccccc1-n1cncn1)N1C[C@@H](Cc2cnccn2)[C@H](O)C1. The minimum atomic E-state index is -0.584. The van der Waals surface area contributed by atoms with Crippen molar-refractivity contribution < 1.29 is 9.90 Å². The summed E-state index contributed by atoms with van der Waals surface area (Å²) in [5.74, 6) is -0.189. The van der Waals surface area contributed by atoms with Crippen LogP contribution in [0.15, 0.2) is 55.5 Å². The summed E-state index contributed by atoms with van der Waals surface area (Å²) in [6.45, 7) is 0.776. The van der Waals surface area contributed by atoms with Gasteiger partial charge in [0.05, 0.1) is 23.0 Å². The largest absolute Gasteiger partial charge is 0.391 e. The summed E-state index contributed by atoms with van der Waals surface area (Å²) in [4.78, 5) is 27.0. The van der Waals surface area contributed by atoms with E-state index in [1.807, 2.05) is 18.2 Å². The Labute approximate surface area is 150 Å². The molecule has 8 nitrogen and oxygen atoms in total. The van der Waals surface area contributed by atoms with Crippen molar-refractivity contribution in [1.82, 2.24) is 29.6 Å². The van der Waals surface area contributed by atoms with Gasteiger partial charge in [-0.05, 0) is 18.6 Å². The number of carbonyl (C=O) groups is 1. The molecule has 0 unspecified atom stereocenters. The van der Waals surface area contributed by atoms with E-state index in [1.165, 1.54) is 6.33 Å². The minimum Gasteiger partial charge on any atom is -0.391 e. The molecule has 0 saturated carbocycles. The first-order chi connectivity index (χ1) is 12.7. The summed E-state index contributed by atoms with van der Waals surface area (Å²) in [6.07, 6.45) is 7.93. The highest BCUT2D eigenvalue weighted by Crippen LogP contribution is 2.24. The molecule has 1 amide bonds. The van der Waals surface area contributed by atoms with Gasteiger partial charge in [-0.1, -0.05) is 12.1 Å². The molecule has 0 bridgehead atoms. The molecule has 2 atom stereocenters. The number of β-amino-alcohol motifs (C(OH)–C–C–N with tert-alkyl or cyclic N) is 1. The number of hydrogen-bond acceptors (Lipinski definition) is 6. The Bertz CT molecular complexity index is 884. The zero-order chi connectivity index (χ0) is 17.9. The van der Waals surface area contributed by atoms with Crippen LogP contribution < -0.4 is 0 Å². The van der Waals surface area contributed by atoms with Crippen LogP contribution in [0.25, 0.3) is 5.69 Å². The molecule has 3 heterocycles. The maximum atomic E-state index is 13.0. The third kappa shape index (κ3) is 3.18. The molecule has 0 spiro atoms. The van der Waals surface area contributed by atoms with Crippen LogP contribution >= 0.6 is 0 Å². The highest BCUT2D eigenvalue weighted by atomic mass is 16.3. The topological polar surface area (TPSA) is 97.0 Å². The Balaban J connectivity index is 1.53. The van der Waals surface area contributed by atoms with E-state index >= 15 is 0 Å². The third-order valence-corrected chi connectivity index (χ3v) is 4.58. The van der Waals surface area contributed by atoms with E-state index in [1.54, 1.807) is 40.6 Å². The molecule has 1 aromatic carbocycles. The Morgan fingerprint density at radius 1 is 1.19 bits per heavy atom. The van der Waals surface area contributed by atoms with E-state index in [0.29, 0.717) is 30.8 Å². The van der Waals surface area contributed by atoms with E-state index in [9.17, 15) is 9.90 Å². The Hall–Kier alpha value is -3.13. The summed E-state index contributed by atoms with van der Waals surface area (Å²) in [5, 5.41) is 14.5. The lowest BCUT2D eigenvalue weighted by molar-refractivity contribution is 0.0764. The van der Waals surface area contributed by atoms with E-state index in [0.717, 1.165) is 5.69 Å². The van der Waals surface area contributed by atoms with Gasteiger partial charge in [-0.2, -0.15) is 5.10 Å². The maximum Gasteiger partial charge on any atom is 0.256 e. The van der Waals surface area contributed by atoms with E-state index in [-0.39, 0.29) is 11.8 Å². The Morgan fingerprint density at radius 3 is 2.85 bits per heavy atom. The van der Waals surface area contributed by atoms with Crippen LogP contribution in [0, 0.1) is 5.92 Å². The fraction of sp³-hybridized carbons (Fsp3) is 0.278. The van der Waals surface area contributed by atoms with Gasteiger partial charge in [-0.15, -0.1) is 0 Å². The van der Waals surface area contributed by atoms with E-state index in [2.05, 4.69) is 20.1 Å². The molecule has 1 saturated heterocycles. The fourth-order valence-electron chi connectivity index (χ4n) is 3.28. The summed E-state index contributed by atoms with van der Waals surface area (Å²) in [5.41, 5.74) is 2.01. The standard InChI is InChI=1S/C18H18N6O2/c25-17-10-23(9-13(17)7-14-8-19-5-6-21-14)18(26)15-3-1-2-4-16(15)24-12-20-11-22-24/h1-6,8,11-13,17,25H,7,9-10H2/t13-,17-/m1/s1. The van der Waals surface area contributed by atoms with Gasteiger partial charge >= 0.3 is 0 Å². The number of nitrogens with zero attached hydrogens (tertiary/aromatic N) is 6. The van der Waals surface area contributed by atoms with Gasteiger partial charge in [-0.3, -0.25) is 14.8 Å². The Kier molecular flexibility index (Phi) is 4.40. The van der Waals surface area contributed by atoms with Gasteiger partial charge in [-0.25, -0.2) is 9.67 Å². The molecule has 2 aromatic heterocycles. The van der Waals surface area contributed by atoms with Crippen molar-refractivity contribution in [3.05, 3.63) is 66.8 Å².